The summed E-state index contributed by atoms with van der Waals surface area (Å²) >= 11 is 7.36. The summed E-state index contributed by atoms with van der Waals surface area (Å²) in [6.07, 6.45) is 0.771. The Labute approximate surface area is 159 Å². The van der Waals surface area contributed by atoms with Gasteiger partial charge >= 0.3 is 5.97 Å². The highest BCUT2D eigenvalue weighted by Crippen LogP contribution is 2.37. The first kappa shape index (κ1) is 18.4. The number of hydrogen-bond donors (Lipinski definition) is 2. The van der Waals surface area contributed by atoms with Gasteiger partial charge in [0.05, 0.1) is 35.2 Å². The average molecular weight is 394 g/mol. The molecule has 3 rings (SSSR count). The number of aromatic carboxylic acids is 1. The zero-order valence-corrected chi connectivity index (χ0v) is 15.2. The fourth-order valence-electron chi connectivity index (χ4n) is 2.38. The van der Waals surface area contributed by atoms with Crippen LogP contribution in [0.3, 0.4) is 0 Å². The lowest BCUT2D eigenvalue weighted by molar-refractivity contribution is -0.113. The third-order valence-corrected chi connectivity index (χ3v) is 4.97. The third-order valence-electron chi connectivity index (χ3n) is 3.59. The highest BCUT2D eigenvalue weighted by molar-refractivity contribution is 8.00. The van der Waals surface area contributed by atoms with Gasteiger partial charge in [-0.1, -0.05) is 23.7 Å². The van der Waals surface area contributed by atoms with Crippen LogP contribution in [0, 0.1) is 0 Å². The molecule has 0 radical (unpaired) electrons. The van der Waals surface area contributed by atoms with E-state index in [2.05, 4.69) is 5.32 Å². The van der Waals surface area contributed by atoms with Crippen LogP contribution in [0.15, 0.2) is 41.3 Å². The topological polar surface area (TPSA) is 84.9 Å². The van der Waals surface area contributed by atoms with Crippen LogP contribution in [0.1, 0.15) is 16.8 Å². The van der Waals surface area contributed by atoms with Gasteiger partial charge in [0.25, 0.3) is 0 Å². The van der Waals surface area contributed by atoms with E-state index in [9.17, 15) is 14.7 Å². The number of carboxylic acid groups (broad SMARTS) is 1. The number of anilines is 1. The molecule has 0 fully saturated rings. The van der Waals surface area contributed by atoms with E-state index in [1.54, 1.807) is 30.3 Å². The summed E-state index contributed by atoms with van der Waals surface area (Å²) in [5, 5.41) is 12.3. The smallest absolute Gasteiger partial charge is 0.336 e. The fourth-order valence-corrected chi connectivity index (χ4v) is 3.42. The molecule has 2 N–H and O–H groups in total. The number of rotatable bonds is 5. The molecule has 0 unspecified atom stereocenters. The van der Waals surface area contributed by atoms with Gasteiger partial charge in [0, 0.05) is 23.4 Å². The maximum absolute atomic E-state index is 12.2. The standard InChI is InChI=1S/C18H16ClNO5S/c19-12-8-14-15(25-7-3-6-24-14)9-13(12)20-17(21)10-26-16-5-2-1-4-11(16)18(22)23/h1-2,4-5,8-9H,3,6-7,10H2,(H,20,21)(H,22,23). The van der Waals surface area contributed by atoms with Crippen molar-refractivity contribution in [1.29, 1.82) is 0 Å². The number of hydrogen-bond acceptors (Lipinski definition) is 5. The molecule has 2 aromatic rings. The minimum atomic E-state index is -1.03. The van der Waals surface area contributed by atoms with Crippen molar-refractivity contribution in [2.75, 3.05) is 24.3 Å². The van der Waals surface area contributed by atoms with Crippen LogP contribution in [-0.2, 0) is 4.79 Å². The van der Waals surface area contributed by atoms with Crippen LogP contribution in [0.4, 0.5) is 5.69 Å². The lowest BCUT2D eigenvalue weighted by Crippen LogP contribution is -2.15. The van der Waals surface area contributed by atoms with Gasteiger partial charge in [-0.3, -0.25) is 4.79 Å². The molecule has 0 aromatic heterocycles. The van der Waals surface area contributed by atoms with Crippen LogP contribution in [0.2, 0.25) is 5.02 Å². The molecular formula is C18H16ClNO5S. The van der Waals surface area contributed by atoms with E-state index in [-0.39, 0.29) is 17.2 Å². The lowest BCUT2D eigenvalue weighted by atomic mass is 10.2. The number of fused-ring (bicyclic) bond motifs is 1. The van der Waals surface area contributed by atoms with Crippen LogP contribution in [-0.4, -0.2) is 35.9 Å². The van der Waals surface area contributed by atoms with Gasteiger partial charge in [-0.05, 0) is 12.1 Å². The summed E-state index contributed by atoms with van der Waals surface area (Å²) < 4.78 is 11.1. The first-order valence-corrected chi connectivity index (χ1v) is 9.25. The molecule has 0 spiro atoms. The van der Waals surface area contributed by atoms with Gasteiger partial charge in [-0.25, -0.2) is 4.79 Å². The zero-order valence-electron chi connectivity index (χ0n) is 13.7. The number of carboxylic acids is 1. The number of halogens is 1. The molecule has 26 heavy (non-hydrogen) atoms. The molecule has 0 saturated carbocycles. The summed E-state index contributed by atoms with van der Waals surface area (Å²) in [5.41, 5.74) is 0.590. The SMILES string of the molecule is O=C(CSc1ccccc1C(=O)O)Nc1cc2c(cc1Cl)OCCCO2. The van der Waals surface area contributed by atoms with Gasteiger partial charge in [0.2, 0.25) is 5.91 Å². The summed E-state index contributed by atoms with van der Waals surface area (Å²) in [7, 11) is 0. The molecule has 1 aliphatic rings. The molecule has 1 heterocycles. The fraction of sp³-hybridized carbons (Fsp3) is 0.222. The molecule has 0 bridgehead atoms. The van der Waals surface area contributed by atoms with Crippen molar-refractivity contribution in [3.8, 4) is 11.5 Å². The number of ether oxygens (including phenoxy) is 2. The Kier molecular flexibility index (Phi) is 5.90. The summed E-state index contributed by atoms with van der Waals surface area (Å²) in [5.74, 6) is -0.193. The second-order valence-corrected chi connectivity index (χ2v) is 6.89. The molecule has 0 aliphatic carbocycles. The summed E-state index contributed by atoms with van der Waals surface area (Å²) in [4.78, 5) is 24.0. The molecule has 0 saturated heterocycles. The Bertz CT molecular complexity index is 842. The van der Waals surface area contributed by atoms with E-state index in [1.807, 2.05) is 0 Å². The third kappa shape index (κ3) is 4.42. The van der Waals surface area contributed by atoms with E-state index in [0.29, 0.717) is 40.3 Å². The van der Waals surface area contributed by atoms with Crippen LogP contribution >= 0.6 is 23.4 Å². The van der Waals surface area contributed by atoms with Crippen molar-refractivity contribution in [3.05, 3.63) is 47.0 Å². The number of nitrogens with one attached hydrogen (secondary N) is 1. The highest BCUT2D eigenvalue weighted by atomic mass is 35.5. The average Bonchev–Trinajstić information content (AvgIpc) is 2.85. The molecule has 1 amide bonds. The molecule has 2 aromatic carbocycles. The van der Waals surface area contributed by atoms with Crippen molar-refractivity contribution >= 4 is 40.9 Å². The molecule has 6 nitrogen and oxygen atoms in total. The van der Waals surface area contributed by atoms with Gasteiger partial charge in [0.15, 0.2) is 11.5 Å². The monoisotopic (exact) mass is 393 g/mol. The first-order valence-electron chi connectivity index (χ1n) is 7.88. The van der Waals surface area contributed by atoms with Crippen molar-refractivity contribution < 1.29 is 24.2 Å². The van der Waals surface area contributed by atoms with Gasteiger partial charge in [-0.15, -0.1) is 11.8 Å². The Hall–Kier alpha value is -2.38. The van der Waals surface area contributed by atoms with Crippen LogP contribution in [0.5, 0.6) is 11.5 Å². The predicted octanol–water partition coefficient (Wildman–Crippen LogP) is 3.93. The minimum absolute atomic E-state index is 0.0507. The number of thioether (sulfide) groups is 1. The second-order valence-electron chi connectivity index (χ2n) is 5.47. The minimum Gasteiger partial charge on any atom is -0.490 e. The van der Waals surface area contributed by atoms with Crippen LogP contribution in [0.25, 0.3) is 0 Å². The van der Waals surface area contributed by atoms with Crippen molar-refractivity contribution in [3.63, 3.8) is 0 Å². The van der Waals surface area contributed by atoms with E-state index >= 15 is 0 Å². The Morgan fingerprint density at radius 3 is 2.58 bits per heavy atom. The molecule has 0 atom stereocenters. The second kappa shape index (κ2) is 8.33. The van der Waals surface area contributed by atoms with Crippen molar-refractivity contribution in [1.82, 2.24) is 0 Å². The maximum atomic E-state index is 12.2. The number of carbonyl (C=O) groups is 2. The van der Waals surface area contributed by atoms with Crippen molar-refractivity contribution in [2.24, 2.45) is 0 Å². The first-order chi connectivity index (χ1) is 12.5. The number of carbonyl (C=O) groups excluding carboxylic acids is 1. The number of benzene rings is 2. The van der Waals surface area contributed by atoms with Crippen LogP contribution < -0.4 is 14.8 Å². The van der Waals surface area contributed by atoms with E-state index in [0.717, 1.165) is 18.2 Å². The molecule has 136 valence electrons. The largest absolute Gasteiger partial charge is 0.490 e. The lowest BCUT2D eigenvalue weighted by Gasteiger charge is -2.12. The van der Waals surface area contributed by atoms with E-state index in [1.165, 1.54) is 6.07 Å². The molecular weight excluding hydrogens is 378 g/mol. The maximum Gasteiger partial charge on any atom is 0.336 e. The van der Waals surface area contributed by atoms with Gasteiger partial charge in [-0.2, -0.15) is 0 Å². The highest BCUT2D eigenvalue weighted by Gasteiger charge is 2.16. The number of amides is 1. The zero-order chi connectivity index (χ0) is 18.5. The summed E-state index contributed by atoms with van der Waals surface area (Å²) in [6, 6.07) is 9.80. The van der Waals surface area contributed by atoms with E-state index < -0.39 is 5.97 Å². The quantitative estimate of drug-likeness (QED) is 0.748. The summed E-state index contributed by atoms with van der Waals surface area (Å²) in [6.45, 7) is 1.08. The van der Waals surface area contributed by atoms with Gasteiger partial charge < -0.3 is 19.9 Å². The normalized spacial score (nSPS) is 13.0. The Morgan fingerprint density at radius 2 is 1.85 bits per heavy atom. The van der Waals surface area contributed by atoms with E-state index in [4.69, 9.17) is 21.1 Å². The van der Waals surface area contributed by atoms with Crippen molar-refractivity contribution in [2.45, 2.75) is 11.3 Å². The van der Waals surface area contributed by atoms with Gasteiger partial charge in [0.1, 0.15) is 0 Å². The Balaban J connectivity index is 1.67. The Morgan fingerprint density at radius 1 is 1.15 bits per heavy atom. The molecule has 8 heteroatoms. The predicted molar refractivity (Wildman–Crippen MR) is 99.8 cm³/mol. The molecule has 1 aliphatic heterocycles.